The lowest BCUT2D eigenvalue weighted by atomic mass is 10.0. The summed E-state index contributed by atoms with van der Waals surface area (Å²) in [6.45, 7) is 0.780. The van der Waals surface area contributed by atoms with Gasteiger partial charge >= 0.3 is 0 Å². The Morgan fingerprint density at radius 2 is 2.05 bits per heavy atom. The molecule has 110 valence electrons. The predicted octanol–water partition coefficient (Wildman–Crippen LogP) is 4.45. The first-order valence-electron chi connectivity index (χ1n) is 7.02. The molecule has 0 radical (unpaired) electrons. The number of nitrogens with one attached hydrogen (secondary N) is 2. The Morgan fingerprint density at radius 3 is 2.86 bits per heavy atom. The zero-order valence-corrected chi connectivity index (χ0v) is 13.1. The van der Waals surface area contributed by atoms with E-state index < -0.39 is 5.82 Å². The molecule has 22 heavy (non-hydrogen) atoms. The Morgan fingerprint density at radius 1 is 1.18 bits per heavy atom. The Balaban J connectivity index is 2.03. The van der Waals surface area contributed by atoms with Gasteiger partial charge < -0.3 is 10.3 Å². The summed E-state index contributed by atoms with van der Waals surface area (Å²) in [6.07, 6.45) is 0.849. The first-order chi connectivity index (χ1) is 10.6. The van der Waals surface area contributed by atoms with Crippen molar-refractivity contribution >= 4 is 39.7 Å². The van der Waals surface area contributed by atoms with Crippen LogP contribution in [-0.4, -0.2) is 16.5 Å². The molecule has 4 rings (SSSR count). The van der Waals surface area contributed by atoms with Crippen molar-refractivity contribution in [1.29, 1.82) is 0 Å². The molecule has 1 aliphatic rings. The molecule has 2 aromatic carbocycles. The van der Waals surface area contributed by atoms with Crippen LogP contribution in [0.25, 0.3) is 22.2 Å². The minimum Gasteiger partial charge on any atom is -0.375 e. The molecule has 1 aromatic heterocycles. The highest BCUT2D eigenvalue weighted by molar-refractivity contribution is 7.80. The van der Waals surface area contributed by atoms with E-state index in [0.29, 0.717) is 0 Å². The van der Waals surface area contributed by atoms with E-state index in [0.717, 1.165) is 45.7 Å². The van der Waals surface area contributed by atoms with Crippen LogP contribution in [0, 0.1) is 5.82 Å². The van der Waals surface area contributed by atoms with Crippen LogP contribution >= 0.6 is 23.8 Å². The largest absolute Gasteiger partial charge is 0.375 e. The van der Waals surface area contributed by atoms with Crippen molar-refractivity contribution in [3.63, 3.8) is 0 Å². The van der Waals surface area contributed by atoms with E-state index in [1.54, 1.807) is 12.1 Å². The van der Waals surface area contributed by atoms with Crippen LogP contribution in [0.2, 0.25) is 5.02 Å². The average molecular weight is 331 g/mol. The molecule has 0 saturated heterocycles. The number of benzene rings is 2. The van der Waals surface area contributed by atoms with Crippen molar-refractivity contribution in [1.82, 2.24) is 10.3 Å². The molecule has 0 atom stereocenters. The van der Waals surface area contributed by atoms with Crippen LogP contribution in [0.3, 0.4) is 0 Å². The number of aromatic nitrogens is 1. The van der Waals surface area contributed by atoms with E-state index in [-0.39, 0.29) is 5.02 Å². The fourth-order valence-electron chi connectivity index (χ4n) is 3.05. The third kappa shape index (κ3) is 2.02. The quantitative estimate of drug-likeness (QED) is 0.645. The van der Waals surface area contributed by atoms with Gasteiger partial charge in [-0.1, -0.05) is 36.0 Å². The van der Waals surface area contributed by atoms with Crippen molar-refractivity contribution in [2.45, 2.75) is 6.42 Å². The number of hydrogen-bond donors (Lipinski definition) is 2. The summed E-state index contributed by atoms with van der Waals surface area (Å²) in [7, 11) is 0. The molecule has 2 N–H and O–H groups in total. The average Bonchev–Trinajstić information content (AvgIpc) is 2.79. The zero-order valence-electron chi connectivity index (χ0n) is 11.5. The molecule has 2 heterocycles. The van der Waals surface area contributed by atoms with Gasteiger partial charge in [0.25, 0.3) is 0 Å². The van der Waals surface area contributed by atoms with Crippen LogP contribution in [0.15, 0.2) is 36.4 Å². The predicted molar refractivity (Wildman–Crippen MR) is 92.1 cm³/mol. The van der Waals surface area contributed by atoms with E-state index in [1.165, 1.54) is 11.6 Å². The van der Waals surface area contributed by atoms with E-state index in [2.05, 4.69) is 10.3 Å². The standard InChI is InChI=1S/C17H12ClFN2S/c18-12-8-9(4-5-13(12)19)16-10-6-7-20-17(22)11-2-1-3-14(21-16)15(10)11/h1-5,8,21H,6-7H2,(H,20,22). The molecule has 0 bridgehead atoms. The SMILES string of the molecule is Fc1ccc(-c2[nH]c3cccc4c3c2CCNC4=S)cc1Cl. The second-order valence-electron chi connectivity index (χ2n) is 5.34. The van der Waals surface area contributed by atoms with E-state index in [4.69, 9.17) is 23.8 Å². The number of H-pyrrole nitrogens is 1. The minimum atomic E-state index is -0.407. The molecule has 0 aliphatic carbocycles. The summed E-state index contributed by atoms with van der Waals surface area (Å²) in [5.74, 6) is -0.407. The maximum absolute atomic E-state index is 13.4. The minimum absolute atomic E-state index is 0.130. The lowest BCUT2D eigenvalue weighted by Gasteiger charge is -2.05. The molecule has 0 amide bonds. The Labute approximate surface area is 137 Å². The number of aromatic amines is 1. The molecule has 1 aliphatic heterocycles. The number of thiocarbonyl (C=S) groups is 1. The number of hydrogen-bond acceptors (Lipinski definition) is 1. The summed E-state index contributed by atoms with van der Waals surface area (Å²) in [4.78, 5) is 4.21. The van der Waals surface area contributed by atoms with Crippen LogP contribution in [0.4, 0.5) is 4.39 Å². The lowest BCUT2D eigenvalue weighted by Crippen LogP contribution is -2.22. The molecule has 3 aromatic rings. The van der Waals surface area contributed by atoms with Crippen molar-refractivity contribution in [2.24, 2.45) is 0 Å². The van der Waals surface area contributed by atoms with Crippen LogP contribution in [-0.2, 0) is 6.42 Å². The van der Waals surface area contributed by atoms with Gasteiger partial charge in [-0.05, 0) is 41.8 Å². The topological polar surface area (TPSA) is 27.8 Å². The highest BCUT2D eigenvalue weighted by atomic mass is 35.5. The van der Waals surface area contributed by atoms with Gasteiger partial charge in [-0.15, -0.1) is 0 Å². The molecule has 0 unspecified atom stereocenters. The van der Waals surface area contributed by atoms with Crippen molar-refractivity contribution in [3.8, 4) is 11.3 Å². The summed E-state index contributed by atoms with van der Waals surface area (Å²) >= 11 is 11.4. The van der Waals surface area contributed by atoms with Gasteiger partial charge in [0.2, 0.25) is 0 Å². The van der Waals surface area contributed by atoms with Crippen LogP contribution < -0.4 is 5.32 Å². The smallest absolute Gasteiger partial charge is 0.141 e. The third-order valence-corrected chi connectivity index (χ3v) is 4.70. The second kappa shape index (κ2) is 5.07. The van der Waals surface area contributed by atoms with Crippen molar-refractivity contribution < 1.29 is 4.39 Å². The van der Waals surface area contributed by atoms with Crippen LogP contribution in [0.1, 0.15) is 11.1 Å². The first-order valence-corrected chi connectivity index (χ1v) is 7.81. The summed E-state index contributed by atoms with van der Waals surface area (Å²) < 4.78 is 13.4. The van der Waals surface area contributed by atoms with Gasteiger partial charge in [0.15, 0.2) is 0 Å². The fourth-order valence-corrected chi connectivity index (χ4v) is 3.50. The molecule has 5 heteroatoms. The Bertz CT molecular complexity index is 916. The van der Waals surface area contributed by atoms with Gasteiger partial charge in [-0.2, -0.15) is 0 Å². The Kier molecular flexibility index (Phi) is 3.17. The summed E-state index contributed by atoms with van der Waals surface area (Å²) in [6, 6.07) is 10.9. The van der Waals surface area contributed by atoms with E-state index in [1.807, 2.05) is 18.2 Å². The normalized spacial score (nSPS) is 14.0. The highest BCUT2D eigenvalue weighted by Gasteiger charge is 2.20. The van der Waals surface area contributed by atoms with E-state index >= 15 is 0 Å². The van der Waals surface area contributed by atoms with Gasteiger partial charge in [0, 0.05) is 28.7 Å². The zero-order chi connectivity index (χ0) is 15.3. The monoisotopic (exact) mass is 330 g/mol. The lowest BCUT2D eigenvalue weighted by molar-refractivity contribution is 0.628. The molecule has 0 saturated carbocycles. The maximum Gasteiger partial charge on any atom is 0.141 e. The van der Waals surface area contributed by atoms with Crippen molar-refractivity contribution in [2.75, 3.05) is 6.54 Å². The van der Waals surface area contributed by atoms with Gasteiger partial charge in [0.05, 0.1) is 5.02 Å². The molecule has 2 nitrogen and oxygen atoms in total. The first kappa shape index (κ1) is 13.7. The molecule has 0 fully saturated rings. The van der Waals surface area contributed by atoms with E-state index in [9.17, 15) is 4.39 Å². The van der Waals surface area contributed by atoms with Gasteiger partial charge in [-0.3, -0.25) is 0 Å². The number of halogens is 2. The Hall–Kier alpha value is -1.91. The van der Waals surface area contributed by atoms with Gasteiger partial charge in [0.1, 0.15) is 10.8 Å². The van der Waals surface area contributed by atoms with Crippen LogP contribution in [0.5, 0.6) is 0 Å². The summed E-state index contributed by atoms with van der Waals surface area (Å²) in [5.41, 5.74) is 5.14. The second-order valence-corrected chi connectivity index (χ2v) is 6.16. The highest BCUT2D eigenvalue weighted by Crippen LogP contribution is 2.35. The van der Waals surface area contributed by atoms with Gasteiger partial charge in [-0.25, -0.2) is 4.39 Å². The fraction of sp³-hybridized carbons (Fsp3) is 0.118. The third-order valence-electron chi connectivity index (χ3n) is 4.04. The number of rotatable bonds is 1. The molecule has 0 spiro atoms. The summed E-state index contributed by atoms with van der Waals surface area (Å²) in [5, 5.41) is 4.54. The molecular formula is C17H12ClFN2S. The maximum atomic E-state index is 13.4. The molecular weight excluding hydrogens is 319 g/mol. The van der Waals surface area contributed by atoms with Crippen molar-refractivity contribution in [3.05, 3.63) is 58.4 Å².